The molecule has 0 aromatic heterocycles. The fraction of sp³-hybridized carbons (Fsp3) is 0.136. The molecule has 27 heavy (non-hydrogen) atoms. The number of amides is 2. The fourth-order valence-electron chi connectivity index (χ4n) is 2.66. The van der Waals surface area contributed by atoms with Gasteiger partial charge in [0.05, 0.1) is 6.61 Å². The summed E-state index contributed by atoms with van der Waals surface area (Å²) in [5.74, 6) is 1.52. The molecule has 0 heterocycles. The van der Waals surface area contributed by atoms with E-state index in [4.69, 9.17) is 9.47 Å². The summed E-state index contributed by atoms with van der Waals surface area (Å²) in [4.78, 5) is 12.3. The van der Waals surface area contributed by atoms with Gasteiger partial charge in [-0.1, -0.05) is 30.3 Å². The van der Waals surface area contributed by atoms with Crippen LogP contribution in [0.4, 0.5) is 16.2 Å². The van der Waals surface area contributed by atoms with Gasteiger partial charge in [0.25, 0.3) is 0 Å². The first-order chi connectivity index (χ1) is 13.1. The molecule has 3 rings (SSSR count). The molecule has 0 radical (unpaired) electrons. The Labute approximate surface area is 158 Å². The van der Waals surface area contributed by atoms with Crippen molar-refractivity contribution >= 4 is 17.4 Å². The standard InChI is InChI=1S/C22H22N2O3/c1-16-13-19(11-12-21(16)27-20-9-4-3-5-10-20)24-22(25)23-18-8-6-7-17(14-18)15-26-2/h3-14H,15H2,1-2H3,(H2,23,24,25). The summed E-state index contributed by atoms with van der Waals surface area (Å²) in [7, 11) is 1.64. The van der Waals surface area contributed by atoms with E-state index in [-0.39, 0.29) is 6.03 Å². The molecule has 5 heteroatoms. The van der Waals surface area contributed by atoms with Gasteiger partial charge in [0.1, 0.15) is 11.5 Å². The van der Waals surface area contributed by atoms with Gasteiger partial charge in [0.15, 0.2) is 0 Å². The summed E-state index contributed by atoms with van der Waals surface area (Å²) in [6.07, 6.45) is 0. The number of anilines is 2. The molecule has 0 aliphatic rings. The van der Waals surface area contributed by atoms with E-state index in [0.29, 0.717) is 18.0 Å². The lowest BCUT2D eigenvalue weighted by molar-refractivity contribution is 0.185. The Morgan fingerprint density at radius 3 is 2.33 bits per heavy atom. The number of para-hydroxylation sites is 1. The van der Waals surface area contributed by atoms with Gasteiger partial charge in [-0.2, -0.15) is 0 Å². The van der Waals surface area contributed by atoms with E-state index in [1.54, 1.807) is 7.11 Å². The van der Waals surface area contributed by atoms with Crippen LogP contribution in [0.2, 0.25) is 0 Å². The van der Waals surface area contributed by atoms with E-state index in [1.165, 1.54) is 0 Å². The van der Waals surface area contributed by atoms with Gasteiger partial charge in [-0.3, -0.25) is 0 Å². The third-order valence-corrected chi connectivity index (χ3v) is 3.90. The van der Waals surface area contributed by atoms with Gasteiger partial charge in [0, 0.05) is 18.5 Å². The van der Waals surface area contributed by atoms with E-state index >= 15 is 0 Å². The molecule has 3 aromatic rings. The Hall–Kier alpha value is -3.31. The van der Waals surface area contributed by atoms with Crippen molar-refractivity contribution in [2.45, 2.75) is 13.5 Å². The lowest BCUT2D eigenvalue weighted by Crippen LogP contribution is -2.19. The van der Waals surface area contributed by atoms with Crippen molar-refractivity contribution in [1.82, 2.24) is 0 Å². The van der Waals surface area contributed by atoms with E-state index < -0.39 is 0 Å². The van der Waals surface area contributed by atoms with Crippen LogP contribution in [0.1, 0.15) is 11.1 Å². The molecule has 2 N–H and O–H groups in total. The lowest BCUT2D eigenvalue weighted by Gasteiger charge is -2.12. The van der Waals surface area contributed by atoms with Crippen molar-refractivity contribution in [3.63, 3.8) is 0 Å². The minimum Gasteiger partial charge on any atom is -0.457 e. The normalized spacial score (nSPS) is 10.3. The van der Waals surface area contributed by atoms with Crippen LogP contribution in [0.3, 0.4) is 0 Å². The van der Waals surface area contributed by atoms with Crippen molar-refractivity contribution in [3.8, 4) is 11.5 Å². The van der Waals surface area contributed by atoms with Crippen LogP contribution >= 0.6 is 0 Å². The zero-order chi connectivity index (χ0) is 19.1. The van der Waals surface area contributed by atoms with Crippen LogP contribution in [0, 0.1) is 6.92 Å². The second kappa shape index (κ2) is 8.87. The van der Waals surface area contributed by atoms with Crippen molar-refractivity contribution in [2.75, 3.05) is 17.7 Å². The Balaban J connectivity index is 1.62. The predicted molar refractivity (Wildman–Crippen MR) is 107 cm³/mol. The highest BCUT2D eigenvalue weighted by Crippen LogP contribution is 2.27. The van der Waals surface area contributed by atoms with E-state index in [2.05, 4.69) is 10.6 Å². The fourth-order valence-corrected chi connectivity index (χ4v) is 2.66. The number of nitrogens with one attached hydrogen (secondary N) is 2. The summed E-state index contributed by atoms with van der Waals surface area (Å²) < 4.78 is 11.0. The van der Waals surface area contributed by atoms with Crippen LogP contribution < -0.4 is 15.4 Å². The minimum atomic E-state index is -0.305. The van der Waals surface area contributed by atoms with Gasteiger partial charge < -0.3 is 20.1 Å². The Kier molecular flexibility index (Phi) is 6.07. The van der Waals surface area contributed by atoms with Crippen molar-refractivity contribution in [1.29, 1.82) is 0 Å². The molecule has 0 saturated heterocycles. The molecule has 0 aliphatic heterocycles. The molecular weight excluding hydrogens is 340 g/mol. The molecule has 0 bridgehead atoms. The number of carbonyl (C=O) groups excluding carboxylic acids is 1. The highest BCUT2D eigenvalue weighted by Gasteiger charge is 2.07. The smallest absolute Gasteiger partial charge is 0.323 e. The van der Waals surface area contributed by atoms with Gasteiger partial charge in [-0.05, 0) is 60.5 Å². The molecular formula is C22H22N2O3. The molecule has 0 fully saturated rings. The summed E-state index contributed by atoms with van der Waals surface area (Å²) >= 11 is 0. The highest BCUT2D eigenvalue weighted by molar-refractivity contribution is 5.99. The molecule has 0 spiro atoms. The minimum absolute atomic E-state index is 0.305. The van der Waals surface area contributed by atoms with Crippen LogP contribution in [0.15, 0.2) is 72.8 Å². The monoisotopic (exact) mass is 362 g/mol. The number of hydrogen-bond acceptors (Lipinski definition) is 3. The Morgan fingerprint density at radius 2 is 1.63 bits per heavy atom. The Bertz CT molecular complexity index is 910. The SMILES string of the molecule is COCc1cccc(NC(=O)Nc2ccc(Oc3ccccc3)c(C)c2)c1. The number of rotatable bonds is 6. The van der Waals surface area contributed by atoms with Crippen LogP contribution in [-0.2, 0) is 11.3 Å². The number of methoxy groups -OCH3 is 1. The molecule has 3 aromatic carbocycles. The third-order valence-electron chi connectivity index (χ3n) is 3.90. The lowest BCUT2D eigenvalue weighted by atomic mass is 10.2. The molecule has 5 nitrogen and oxygen atoms in total. The van der Waals surface area contributed by atoms with E-state index in [9.17, 15) is 4.79 Å². The maximum Gasteiger partial charge on any atom is 0.323 e. The van der Waals surface area contributed by atoms with Crippen molar-refractivity contribution < 1.29 is 14.3 Å². The first-order valence-corrected chi connectivity index (χ1v) is 8.63. The summed E-state index contributed by atoms with van der Waals surface area (Å²) in [6, 6.07) is 22.4. The number of benzene rings is 3. The van der Waals surface area contributed by atoms with Crippen LogP contribution in [0.25, 0.3) is 0 Å². The number of aryl methyl sites for hydroxylation is 1. The van der Waals surface area contributed by atoms with Crippen LogP contribution in [-0.4, -0.2) is 13.1 Å². The maximum atomic E-state index is 12.3. The van der Waals surface area contributed by atoms with E-state index in [1.807, 2.05) is 79.7 Å². The summed E-state index contributed by atoms with van der Waals surface area (Å²) in [6.45, 7) is 2.44. The zero-order valence-corrected chi connectivity index (χ0v) is 15.4. The molecule has 0 atom stereocenters. The number of hydrogen-bond donors (Lipinski definition) is 2. The highest BCUT2D eigenvalue weighted by atomic mass is 16.5. The van der Waals surface area contributed by atoms with Crippen molar-refractivity contribution in [3.05, 3.63) is 83.9 Å². The molecule has 0 unspecified atom stereocenters. The second-order valence-electron chi connectivity index (χ2n) is 6.11. The molecule has 0 saturated carbocycles. The van der Waals surface area contributed by atoms with E-state index in [0.717, 1.165) is 22.6 Å². The average molecular weight is 362 g/mol. The number of ether oxygens (including phenoxy) is 2. The van der Waals surface area contributed by atoms with Gasteiger partial charge in [0.2, 0.25) is 0 Å². The average Bonchev–Trinajstić information content (AvgIpc) is 2.65. The van der Waals surface area contributed by atoms with Gasteiger partial charge in [-0.25, -0.2) is 4.79 Å². The third kappa shape index (κ3) is 5.33. The van der Waals surface area contributed by atoms with Gasteiger partial charge >= 0.3 is 6.03 Å². The molecule has 138 valence electrons. The first kappa shape index (κ1) is 18.5. The molecule has 2 amide bonds. The maximum absolute atomic E-state index is 12.3. The first-order valence-electron chi connectivity index (χ1n) is 8.63. The quantitative estimate of drug-likeness (QED) is 0.602. The number of urea groups is 1. The van der Waals surface area contributed by atoms with Crippen molar-refractivity contribution in [2.24, 2.45) is 0 Å². The predicted octanol–water partition coefficient (Wildman–Crippen LogP) is 5.58. The summed E-state index contributed by atoms with van der Waals surface area (Å²) in [5.41, 5.74) is 3.33. The largest absolute Gasteiger partial charge is 0.457 e. The number of carbonyl (C=O) groups is 1. The summed E-state index contributed by atoms with van der Waals surface area (Å²) in [5, 5.41) is 5.66. The second-order valence-corrected chi connectivity index (χ2v) is 6.11. The van der Waals surface area contributed by atoms with Crippen LogP contribution in [0.5, 0.6) is 11.5 Å². The zero-order valence-electron chi connectivity index (χ0n) is 15.4. The van der Waals surface area contributed by atoms with Gasteiger partial charge in [-0.15, -0.1) is 0 Å². The topological polar surface area (TPSA) is 59.6 Å². The Morgan fingerprint density at radius 1 is 0.889 bits per heavy atom. The molecule has 0 aliphatic carbocycles.